The van der Waals surface area contributed by atoms with Crippen molar-refractivity contribution in [3.8, 4) is 17.2 Å². The molecule has 3 N–H and O–H groups in total. The molecule has 0 aliphatic carbocycles. The zero-order valence-corrected chi connectivity index (χ0v) is 19.3. The van der Waals surface area contributed by atoms with Crippen LogP contribution in [0, 0.1) is 13.8 Å². The summed E-state index contributed by atoms with van der Waals surface area (Å²) in [5.74, 6) is 1.24. The average Bonchev–Trinajstić information content (AvgIpc) is 2.74. The lowest BCUT2D eigenvalue weighted by Crippen LogP contribution is -2.45. The van der Waals surface area contributed by atoms with Gasteiger partial charge in [0.25, 0.3) is 5.91 Å². The molecule has 0 aromatic heterocycles. The van der Waals surface area contributed by atoms with Crippen LogP contribution in [0.25, 0.3) is 0 Å². The van der Waals surface area contributed by atoms with Crippen LogP contribution < -0.4 is 30.2 Å². The third-order valence-corrected chi connectivity index (χ3v) is 5.40. The van der Waals surface area contributed by atoms with Gasteiger partial charge in [0.15, 0.2) is 16.6 Å². The average molecular weight is 442 g/mol. The second kappa shape index (κ2) is 9.26. The summed E-state index contributed by atoms with van der Waals surface area (Å²) in [4.78, 5) is 13.4. The summed E-state index contributed by atoms with van der Waals surface area (Å²) < 4.78 is 16.4. The number of carbonyl (C=O) groups is 1. The zero-order valence-electron chi connectivity index (χ0n) is 18.5. The van der Waals surface area contributed by atoms with Crippen LogP contribution >= 0.6 is 12.2 Å². The summed E-state index contributed by atoms with van der Waals surface area (Å²) in [7, 11) is 4.65. The van der Waals surface area contributed by atoms with Gasteiger partial charge in [-0.2, -0.15) is 0 Å². The monoisotopic (exact) mass is 441 g/mol. The second-order valence-electron chi connectivity index (χ2n) is 7.30. The fourth-order valence-electron chi connectivity index (χ4n) is 3.57. The maximum Gasteiger partial charge on any atom is 0.255 e. The van der Waals surface area contributed by atoms with Crippen LogP contribution in [-0.4, -0.2) is 32.3 Å². The summed E-state index contributed by atoms with van der Waals surface area (Å²) in [6, 6.07) is 9.06. The molecule has 0 bridgehead atoms. The molecule has 1 heterocycles. The number of carbonyl (C=O) groups excluding carboxylic acids is 1. The lowest BCUT2D eigenvalue weighted by atomic mass is 9.94. The normalized spacial score (nSPS) is 15.7. The number of rotatable bonds is 6. The molecule has 8 heteroatoms. The van der Waals surface area contributed by atoms with Crippen molar-refractivity contribution in [1.29, 1.82) is 0 Å². The van der Waals surface area contributed by atoms with Crippen molar-refractivity contribution >= 4 is 28.9 Å². The van der Waals surface area contributed by atoms with Crippen LogP contribution in [0.3, 0.4) is 0 Å². The van der Waals surface area contributed by atoms with Crippen LogP contribution in [0.15, 0.2) is 41.6 Å². The molecule has 0 spiro atoms. The number of amides is 1. The van der Waals surface area contributed by atoms with E-state index in [0.717, 1.165) is 22.4 Å². The van der Waals surface area contributed by atoms with Crippen molar-refractivity contribution in [1.82, 2.24) is 10.6 Å². The van der Waals surface area contributed by atoms with Gasteiger partial charge in [-0.25, -0.2) is 0 Å². The van der Waals surface area contributed by atoms with Crippen LogP contribution in [0.2, 0.25) is 0 Å². The Morgan fingerprint density at radius 1 is 1.00 bits per heavy atom. The number of ether oxygens (including phenoxy) is 3. The van der Waals surface area contributed by atoms with E-state index in [1.54, 1.807) is 21.3 Å². The number of hydrogen-bond donors (Lipinski definition) is 3. The van der Waals surface area contributed by atoms with Gasteiger partial charge in [0.2, 0.25) is 5.75 Å². The Morgan fingerprint density at radius 2 is 1.65 bits per heavy atom. The number of anilines is 1. The molecule has 0 saturated heterocycles. The molecular formula is C23H27N3O4S. The Hall–Kier alpha value is -3.26. The molecule has 31 heavy (non-hydrogen) atoms. The van der Waals surface area contributed by atoms with Gasteiger partial charge in [-0.3, -0.25) is 4.79 Å². The van der Waals surface area contributed by atoms with Gasteiger partial charge in [0.1, 0.15) is 0 Å². The molecular weight excluding hydrogens is 414 g/mol. The first-order valence-electron chi connectivity index (χ1n) is 9.75. The number of thiocarbonyl (C=S) groups is 1. The fourth-order valence-corrected chi connectivity index (χ4v) is 3.84. The summed E-state index contributed by atoms with van der Waals surface area (Å²) in [6.07, 6.45) is 0. The van der Waals surface area contributed by atoms with Crippen LogP contribution in [0.1, 0.15) is 29.7 Å². The Labute approximate surface area is 187 Å². The molecule has 0 unspecified atom stereocenters. The van der Waals surface area contributed by atoms with Gasteiger partial charge in [-0.05, 0) is 67.9 Å². The van der Waals surface area contributed by atoms with Crippen LogP contribution in [0.5, 0.6) is 17.2 Å². The highest BCUT2D eigenvalue weighted by Crippen LogP contribution is 2.41. The standard InChI is InChI=1S/C23H27N3O4S/c1-12-7-8-13(2)16(9-12)25-22(27)19-14(3)24-23(31)26-20(19)15-10-17(28-4)21(30-6)18(11-15)29-5/h7-11,20H,1-6H3,(H,25,27)(H2,24,26,31)/t20-/m1/s1. The third-order valence-electron chi connectivity index (χ3n) is 5.18. The van der Waals surface area contributed by atoms with E-state index in [2.05, 4.69) is 16.0 Å². The number of nitrogens with one attached hydrogen (secondary N) is 3. The number of hydrogen-bond acceptors (Lipinski definition) is 5. The van der Waals surface area contributed by atoms with E-state index in [1.165, 1.54) is 0 Å². The van der Waals surface area contributed by atoms with Crippen LogP contribution in [0.4, 0.5) is 5.69 Å². The molecule has 0 fully saturated rings. The Morgan fingerprint density at radius 3 is 2.23 bits per heavy atom. The highest BCUT2D eigenvalue weighted by molar-refractivity contribution is 7.80. The minimum atomic E-state index is -0.507. The molecule has 7 nitrogen and oxygen atoms in total. The topological polar surface area (TPSA) is 80.9 Å². The van der Waals surface area contributed by atoms with Gasteiger partial charge in [-0.15, -0.1) is 0 Å². The lowest BCUT2D eigenvalue weighted by Gasteiger charge is -2.31. The molecule has 1 aliphatic rings. The SMILES string of the molecule is COc1cc([C@H]2NC(=S)NC(C)=C2C(=O)Nc2cc(C)ccc2C)cc(OC)c1OC. The Balaban J connectivity index is 2.06. The smallest absolute Gasteiger partial charge is 0.255 e. The summed E-state index contributed by atoms with van der Waals surface area (Å²) in [5.41, 5.74) is 4.75. The highest BCUT2D eigenvalue weighted by Gasteiger charge is 2.31. The molecule has 1 aliphatic heterocycles. The molecule has 3 rings (SSSR count). The minimum absolute atomic E-state index is 0.229. The summed E-state index contributed by atoms with van der Waals surface area (Å²) in [5, 5.41) is 9.72. The molecule has 0 radical (unpaired) electrons. The number of allylic oxidation sites excluding steroid dienone is 1. The van der Waals surface area contributed by atoms with Gasteiger partial charge < -0.3 is 30.2 Å². The van der Waals surface area contributed by atoms with E-state index in [-0.39, 0.29) is 5.91 Å². The number of benzene rings is 2. The van der Waals surface area contributed by atoms with E-state index >= 15 is 0 Å². The zero-order chi connectivity index (χ0) is 22.7. The first-order chi connectivity index (χ1) is 14.8. The van der Waals surface area contributed by atoms with Gasteiger partial charge >= 0.3 is 0 Å². The first-order valence-corrected chi connectivity index (χ1v) is 10.2. The number of aryl methyl sites for hydroxylation is 2. The van der Waals surface area contributed by atoms with Gasteiger partial charge in [-0.1, -0.05) is 12.1 Å². The van der Waals surface area contributed by atoms with Crippen molar-refractivity contribution in [3.05, 3.63) is 58.3 Å². The van der Waals surface area contributed by atoms with Gasteiger partial charge in [0.05, 0.1) is 32.9 Å². The summed E-state index contributed by atoms with van der Waals surface area (Å²) >= 11 is 5.36. The van der Waals surface area contributed by atoms with Crippen molar-refractivity contribution in [2.45, 2.75) is 26.8 Å². The Kier molecular flexibility index (Phi) is 6.70. The summed E-state index contributed by atoms with van der Waals surface area (Å²) in [6.45, 7) is 5.77. The van der Waals surface area contributed by atoms with Crippen molar-refractivity contribution in [2.24, 2.45) is 0 Å². The molecule has 0 saturated carbocycles. The lowest BCUT2D eigenvalue weighted by molar-refractivity contribution is -0.113. The van der Waals surface area contributed by atoms with E-state index in [9.17, 15) is 4.79 Å². The third kappa shape index (κ3) is 4.59. The fraction of sp³-hybridized carbons (Fsp3) is 0.304. The maximum atomic E-state index is 13.4. The molecule has 2 aromatic rings. The van der Waals surface area contributed by atoms with Crippen molar-refractivity contribution in [3.63, 3.8) is 0 Å². The quantitative estimate of drug-likeness (QED) is 0.589. The Bertz CT molecular complexity index is 1040. The highest BCUT2D eigenvalue weighted by atomic mass is 32.1. The van der Waals surface area contributed by atoms with Crippen LogP contribution in [-0.2, 0) is 4.79 Å². The van der Waals surface area contributed by atoms with E-state index in [1.807, 2.05) is 51.1 Å². The van der Waals surface area contributed by atoms with E-state index in [0.29, 0.717) is 33.6 Å². The maximum absolute atomic E-state index is 13.4. The predicted octanol–water partition coefficient (Wildman–Crippen LogP) is 3.76. The largest absolute Gasteiger partial charge is 0.493 e. The molecule has 164 valence electrons. The van der Waals surface area contributed by atoms with E-state index < -0.39 is 6.04 Å². The van der Waals surface area contributed by atoms with Crippen molar-refractivity contribution < 1.29 is 19.0 Å². The van der Waals surface area contributed by atoms with Gasteiger partial charge in [0, 0.05) is 11.4 Å². The second-order valence-corrected chi connectivity index (χ2v) is 7.71. The van der Waals surface area contributed by atoms with Crippen molar-refractivity contribution in [2.75, 3.05) is 26.6 Å². The molecule has 1 atom stereocenters. The molecule has 1 amide bonds. The first kappa shape index (κ1) is 22.4. The van der Waals surface area contributed by atoms with E-state index in [4.69, 9.17) is 26.4 Å². The molecule has 2 aromatic carbocycles. The predicted molar refractivity (Wildman–Crippen MR) is 125 cm³/mol. The minimum Gasteiger partial charge on any atom is -0.493 e. The number of methoxy groups -OCH3 is 3.